The van der Waals surface area contributed by atoms with Crippen molar-refractivity contribution in [2.45, 2.75) is 38.5 Å². The molecule has 0 saturated carbocycles. The lowest BCUT2D eigenvalue weighted by Crippen LogP contribution is -2.45. The molecule has 51 heavy (non-hydrogen) atoms. The van der Waals surface area contributed by atoms with Gasteiger partial charge >= 0.3 is 24.3 Å². The second-order valence-corrected chi connectivity index (χ2v) is 11.6. The van der Waals surface area contributed by atoms with Crippen LogP contribution in [0.15, 0.2) is 66.2 Å². The van der Waals surface area contributed by atoms with Gasteiger partial charge in [-0.3, -0.25) is 24.7 Å². The number of ether oxygens (including phenoxy) is 1. The van der Waals surface area contributed by atoms with Gasteiger partial charge < -0.3 is 20.3 Å². The molecule has 0 spiro atoms. The van der Waals surface area contributed by atoms with Crippen molar-refractivity contribution in [1.29, 1.82) is 0 Å². The first-order valence-electron chi connectivity index (χ1n) is 14.4. The average molecular weight is 746 g/mol. The molecule has 0 aliphatic carbocycles. The minimum atomic E-state index is -5.08. The molecule has 13 nitrogen and oxygen atoms in total. The van der Waals surface area contributed by atoms with Crippen LogP contribution < -0.4 is 15.5 Å². The van der Waals surface area contributed by atoms with Gasteiger partial charge in [0.15, 0.2) is 0 Å². The van der Waals surface area contributed by atoms with Crippen LogP contribution in [-0.2, 0) is 27.5 Å². The summed E-state index contributed by atoms with van der Waals surface area (Å²) in [6.45, 7) is 3.81. The number of amides is 2. The van der Waals surface area contributed by atoms with Gasteiger partial charge in [-0.05, 0) is 43.3 Å². The molecule has 5 N–H and O–H groups in total. The van der Waals surface area contributed by atoms with Crippen LogP contribution >= 0.6 is 11.3 Å². The minimum absolute atomic E-state index is 0.292. The molecule has 5 rings (SSSR count). The van der Waals surface area contributed by atoms with Gasteiger partial charge in [-0.15, -0.1) is 11.3 Å². The molecule has 1 fully saturated rings. The van der Waals surface area contributed by atoms with Gasteiger partial charge in [-0.25, -0.2) is 20.1 Å². The molecule has 20 heteroatoms. The van der Waals surface area contributed by atoms with E-state index in [1.54, 1.807) is 35.9 Å². The number of carbonyl (C=O) groups is 4. The van der Waals surface area contributed by atoms with Gasteiger partial charge in [0.2, 0.25) is 5.91 Å². The lowest BCUT2D eigenvalue weighted by Gasteiger charge is -2.18. The Bertz CT molecular complexity index is 1780. The number of aliphatic carboxylic acids is 2. The quantitative estimate of drug-likeness (QED) is 0.0964. The summed E-state index contributed by atoms with van der Waals surface area (Å²) in [5.74, 6) is -6.26. The predicted octanol–water partition coefficient (Wildman–Crippen LogP) is 4.58. The summed E-state index contributed by atoms with van der Waals surface area (Å²) < 4.78 is 69.5. The molecule has 2 atom stereocenters. The predicted molar refractivity (Wildman–Crippen MR) is 167 cm³/mol. The number of nitrogens with one attached hydrogen (secondary N) is 2. The van der Waals surface area contributed by atoms with Crippen molar-refractivity contribution < 1.29 is 65.7 Å². The highest BCUT2D eigenvalue weighted by Gasteiger charge is 2.40. The fourth-order valence-corrected chi connectivity index (χ4v) is 5.32. The highest BCUT2D eigenvalue weighted by molar-refractivity contribution is 7.09. The highest BCUT2D eigenvalue weighted by atomic mass is 32.1. The molecule has 2 aromatic carbocycles. The Morgan fingerprint density at radius 2 is 1.57 bits per heavy atom. The third-order valence-corrected chi connectivity index (χ3v) is 7.69. The van der Waals surface area contributed by atoms with E-state index in [1.807, 2.05) is 47.5 Å². The zero-order valence-electron chi connectivity index (χ0n) is 26.2. The Kier molecular flexibility index (Phi) is 13.8. The number of fused-ring (bicyclic) bond motifs is 1. The number of carboxylic acid groups (broad SMARTS) is 2. The number of carboxylic acids is 2. The number of carbonyl (C=O) groups excluding carboxylic acids is 2. The molecule has 0 bridgehead atoms. The number of likely N-dealkylation sites (tertiary alicyclic amines) is 1. The summed E-state index contributed by atoms with van der Waals surface area (Å²) in [7, 11) is 0. The molecule has 1 saturated heterocycles. The number of alkyl halides is 6. The van der Waals surface area contributed by atoms with Gasteiger partial charge in [-0.2, -0.15) is 26.3 Å². The fraction of sp³-hybridized carbons (Fsp3) is 0.290. The van der Waals surface area contributed by atoms with E-state index in [1.165, 1.54) is 11.3 Å². The number of para-hydroxylation sites is 1. The van der Waals surface area contributed by atoms with Crippen LogP contribution in [0.2, 0.25) is 0 Å². The van der Waals surface area contributed by atoms with Crippen molar-refractivity contribution in [1.82, 2.24) is 25.7 Å². The number of hydrogen-bond acceptors (Lipinski definition) is 10. The van der Waals surface area contributed by atoms with Crippen molar-refractivity contribution in [3.8, 4) is 5.75 Å². The number of halogens is 6. The third-order valence-electron chi connectivity index (χ3n) is 6.93. The zero-order valence-corrected chi connectivity index (χ0v) is 27.1. The van der Waals surface area contributed by atoms with E-state index in [9.17, 15) is 41.1 Å². The minimum Gasteiger partial charge on any atom is -0.489 e. The number of nitrogens with zero attached hydrogens (tertiary/aromatic N) is 3. The summed E-state index contributed by atoms with van der Waals surface area (Å²) in [6.07, 6.45) is -8.43. The molecule has 4 aromatic rings. The summed E-state index contributed by atoms with van der Waals surface area (Å²) in [6, 6.07) is 16.4. The van der Waals surface area contributed by atoms with Crippen molar-refractivity contribution in [2.24, 2.45) is 5.92 Å². The SMILES string of the molecule is Cc1cc(COc2ccc(C(=O)N[C@@H]3CN(Cc4nccs4)C[C@@H]3C(=O)NO)cc2)c2ccccc2n1.O=C(O)C(F)(F)F.O=C(O)C(F)(F)F. The monoisotopic (exact) mass is 745 g/mol. The van der Waals surface area contributed by atoms with E-state index in [0.29, 0.717) is 37.6 Å². The van der Waals surface area contributed by atoms with Crippen LogP contribution in [0.1, 0.15) is 26.6 Å². The number of aryl methyl sites for hydroxylation is 1. The Morgan fingerprint density at radius 1 is 0.961 bits per heavy atom. The topological polar surface area (TPSA) is 191 Å². The maximum atomic E-state index is 13.0. The average Bonchev–Trinajstić information content (AvgIpc) is 3.73. The Labute approximate surface area is 288 Å². The van der Waals surface area contributed by atoms with Crippen molar-refractivity contribution in [3.05, 3.63) is 88.0 Å². The lowest BCUT2D eigenvalue weighted by atomic mass is 10.0. The summed E-state index contributed by atoms with van der Waals surface area (Å²) in [5, 5.41) is 30.3. The summed E-state index contributed by atoms with van der Waals surface area (Å²) in [4.78, 5) is 53.9. The van der Waals surface area contributed by atoms with E-state index in [2.05, 4.69) is 15.3 Å². The zero-order chi connectivity index (χ0) is 37.9. The summed E-state index contributed by atoms with van der Waals surface area (Å²) in [5.41, 5.74) is 5.08. The number of benzene rings is 2. The molecule has 1 aliphatic heterocycles. The van der Waals surface area contributed by atoms with E-state index < -0.39 is 42.2 Å². The number of hydrogen-bond donors (Lipinski definition) is 5. The number of thiazole rings is 1. The Balaban J connectivity index is 0.000000424. The first kappa shape index (κ1) is 40.1. The highest BCUT2D eigenvalue weighted by Crippen LogP contribution is 2.23. The molecule has 3 heterocycles. The normalized spacial score (nSPS) is 15.8. The fourth-order valence-electron chi connectivity index (χ4n) is 4.66. The maximum Gasteiger partial charge on any atom is 0.490 e. The van der Waals surface area contributed by atoms with Crippen molar-refractivity contribution in [2.75, 3.05) is 13.1 Å². The molecule has 2 aromatic heterocycles. The lowest BCUT2D eigenvalue weighted by molar-refractivity contribution is -0.193. The maximum absolute atomic E-state index is 13.0. The van der Waals surface area contributed by atoms with Crippen molar-refractivity contribution >= 4 is 46.0 Å². The third kappa shape index (κ3) is 12.2. The van der Waals surface area contributed by atoms with E-state index in [4.69, 9.17) is 24.5 Å². The molecule has 1 aliphatic rings. The van der Waals surface area contributed by atoms with Crippen LogP contribution in [0.4, 0.5) is 26.3 Å². The smallest absolute Gasteiger partial charge is 0.489 e. The van der Waals surface area contributed by atoms with Crippen LogP contribution in [0, 0.1) is 12.8 Å². The van der Waals surface area contributed by atoms with Gasteiger partial charge in [0.05, 0.1) is 24.0 Å². The summed E-state index contributed by atoms with van der Waals surface area (Å²) >= 11 is 1.54. The van der Waals surface area contributed by atoms with Gasteiger partial charge in [0.1, 0.15) is 17.4 Å². The number of aromatic nitrogens is 2. The molecule has 274 valence electrons. The van der Waals surface area contributed by atoms with Crippen molar-refractivity contribution in [3.63, 3.8) is 0 Å². The Hall–Kier alpha value is -5.34. The van der Waals surface area contributed by atoms with Gasteiger partial charge in [0.25, 0.3) is 5.91 Å². The van der Waals surface area contributed by atoms with Crippen LogP contribution in [-0.4, -0.2) is 85.5 Å². The number of rotatable bonds is 8. The number of hydroxylamine groups is 1. The molecule has 0 unspecified atom stereocenters. The largest absolute Gasteiger partial charge is 0.490 e. The molecule has 0 radical (unpaired) electrons. The van der Waals surface area contributed by atoms with E-state index in [0.717, 1.165) is 27.2 Å². The van der Waals surface area contributed by atoms with E-state index >= 15 is 0 Å². The van der Waals surface area contributed by atoms with Crippen LogP contribution in [0.3, 0.4) is 0 Å². The molecular weight excluding hydrogens is 716 g/mol. The second kappa shape index (κ2) is 17.5. The molecular formula is C31H29F6N5O8S. The Morgan fingerprint density at radius 3 is 2.12 bits per heavy atom. The van der Waals surface area contributed by atoms with Gasteiger partial charge in [-0.1, -0.05) is 18.2 Å². The van der Waals surface area contributed by atoms with Gasteiger partial charge in [0, 0.05) is 46.9 Å². The second-order valence-electron chi connectivity index (χ2n) is 10.6. The van der Waals surface area contributed by atoms with Crippen LogP contribution in [0.25, 0.3) is 10.9 Å². The first-order chi connectivity index (χ1) is 23.9. The molecule has 2 amide bonds. The number of pyridine rings is 1. The standard InChI is InChI=1S/C27H27N5O4S.2C2HF3O2/c1-17-12-19(21-4-2-3-5-23(21)29-17)16-36-20-8-6-18(7-9-20)26(33)30-24-14-32(13-22(24)27(34)31-35)15-25-28-10-11-37-25;2*3-2(4,5)1(6)7/h2-12,22,24,35H,13-16H2,1H3,(H,30,33)(H,31,34);2*(H,6,7)/t22-,24+;;/m0../s1. The first-order valence-corrected chi connectivity index (χ1v) is 15.3. The van der Waals surface area contributed by atoms with Crippen LogP contribution in [0.5, 0.6) is 5.75 Å². The van der Waals surface area contributed by atoms with E-state index in [-0.39, 0.29) is 5.91 Å².